The van der Waals surface area contributed by atoms with Crippen molar-refractivity contribution in [2.45, 2.75) is 31.9 Å². The van der Waals surface area contributed by atoms with Gasteiger partial charge in [0.05, 0.1) is 11.0 Å². The number of piperidine rings is 1. The van der Waals surface area contributed by atoms with Crippen LogP contribution < -0.4 is 0 Å². The van der Waals surface area contributed by atoms with Crippen LogP contribution in [-0.4, -0.2) is 46.1 Å². The van der Waals surface area contributed by atoms with E-state index in [-0.39, 0.29) is 5.78 Å². The number of hydrogen-bond donors (Lipinski definition) is 1. The van der Waals surface area contributed by atoms with Crippen LogP contribution in [0.2, 0.25) is 0 Å². The zero-order valence-corrected chi connectivity index (χ0v) is 16.8. The molecule has 3 aromatic rings. The van der Waals surface area contributed by atoms with Crippen LogP contribution in [0, 0.1) is 0 Å². The Hall–Kier alpha value is -2.21. The molecule has 0 saturated carbocycles. The van der Waals surface area contributed by atoms with E-state index in [9.17, 15) is 9.90 Å². The molecular formula is C23H26N2O2S. The number of rotatable bonds is 7. The van der Waals surface area contributed by atoms with Crippen LogP contribution in [0.3, 0.4) is 0 Å². The fraction of sp³-hybridized carbons (Fsp3) is 0.348. The van der Waals surface area contributed by atoms with E-state index >= 15 is 0 Å². The van der Waals surface area contributed by atoms with Crippen LogP contribution in [0.15, 0.2) is 54.1 Å². The van der Waals surface area contributed by atoms with E-state index in [0.29, 0.717) is 13.1 Å². The van der Waals surface area contributed by atoms with Crippen molar-refractivity contribution < 1.29 is 9.90 Å². The van der Waals surface area contributed by atoms with Crippen molar-refractivity contribution in [3.63, 3.8) is 0 Å². The van der Waals surface area contributed by atoms with E-state index in [1.807, 2.05) is 41.9 Å². The number of carbonyl (C=O) groups excluding carboxylic acids is 1. The number of nitrogens with zero attached hydrogens (tertiary/aromatic N) is 2. The molecule has 0 radical (unpaired) electrons. The van der Waals surface area contributed by atoms with E-state index < -0.39 is 6.10 Å². The molecule has 1 fully saturated rings. The first-order chi connectivity index (χ1) is 13.7. The molecule has 146 valence electrons. The van der Waals surface area contributed by atoms with Crippen molar-refractivity contribution in [1.82, 2.24) is 9.47 Å². The summed E-state index contributed by atoms with van der Waals surface area (Å²) in [5, 5.41) is 13.6. The third kappa shape index (κ3) is 4.43. The van der Waals surface area contributed by atoms with Gasteiger partial charge < -0.3 is 14.6 Å². The summed E-state index contributed by atoms with van der Waals surface area (Å²) in [6.07, 6.45) is 8.92. The van der Waals surface area contributed by atoms with Gasteiger partial charge in [0.15, 0.2) is 5.78 Å². The normalized spacial score (nSPS) is 16.8. The Kier molecular flexibility index (Phi) is 6.05. The largest absolute Gasteiger partial charge is 0.390 e. The Morgan fingerprint density at radius 3 is 2.71 bits per heavy atom. The topological polar surface area (TPSA) is 45.5 Å². The Bertz CT molecular complexity index is 952. The quantitative estimate of drug-likeness (QED) is 0.476. The average molecular weight is 395 g/mol. The molecular weight excluding hydrogens is 368 g/mol. The van der Waals surface area contributed by atoms with E-state index in [1.165, 1.54) is 30.6 Å². The second-order valence-corrected chi connectivity index (χ2v) is 8.39. The second kappa shape index (κ2) is 8.86. The predicted molar refractivity (Wildman–Crippen MR) is 116 cm³/mol. The summed E-state index contributed by atoms with van der Waals surface area (Å²) in [6, 6.07) is 11.9. The third-order valence-corrected chi connectivity index (χ3v) is 6.21. The number of fused-ring (bicyclic) bond motifs is 1. The molecule has 0 unspecified atom stereocenters. The standard InChI is InChI=1S/C23H26N2O2S/c26-19(16-24-12-4-1-5-13-24)17-25-15-18(20-7-2-3-8-21(20)25)10-11-22(27)23-9-6-14-28-23/h2-3,6-11,14-15,19,26H,1,4-5,12-13,16-17H2/b11-10+/t19-/m0/s1. The van der Waals surface area contributed by atoms with Gasteiger partial charge >= 0.3 is 0 Å². The van der Waals surface area contributed by atoms with Gasteiger partial charge in [-0.25, -0.2) is 0 Å². The molecule has 4 nitrogen and oxygen atoms in total. The van der Waals surface area contributed by atoms with Gasteiger partial charge in [-0.15, -0.1) is 11.3 Å². The maximum Gasteiger partial charge on any atom is 0.195 e. The number of carbonyl (C=O) groups is 1. The first-order valence-corrected chi connectivity index (χ1v) is 10.8. The summed E-state index contributed by atoms with van der Waals surface area (Å²) < 4.78 is 2.11. The van der Waals surface area contributed by atoms with Gasteiger partial charge in [-0.1, -0.05) is 30.7 Å². The Balaban J connectivity index is 1.51. The molecule has 0 bridgehead atoms. The van der Waals surface area contributed by atoms with Gasteiger partial charge in [0.1, 0.15) is 0 Å². The number of aromatic nitrogens is 1. The van der Waals surface area contributed by atoms with Crippen molar-refractivity contribution in [3.8, 4) is 0 Å². The zero-order valence-electron chi connectivity index (χ0n) is 16.0. The number of ketones is 1. The summed E-state index contributed by atoms with van der Waals surface area (Å²) in [7, 11) is 0. The number of aliphatic hydroxyl groups excluding tert-OH is 1. The Morgan fingerprint density at radius 2 is 1.93 bits per heavy atom. The molecule has 4 rings (SSSR count). The van der Waals surface area contributed by atoms with Crippen molar-refractivity contribution in [2.24, 2.45) is 0 Å². The van der Waals surface area contributed by atoms with Crippen molar-refractivity contribution in [2.75, 3.05) is 19.6 Å². The summed E-state index contributed by atoms with van der Waals surface area (Å²) in [5.74, 6) is 0.0250. The SMILES string of the molecule is O=C(/C=C/c1cn(C[C@@H](O)CN2CCCCC2)c2ccccc12)c1cccs1. The van der Waals surface area contributed by atoms with Gasteiger partial charge in [-0.2, -0.15) is 0 Å². The van der Waals surface area contributed by atoms with E-state index in [0.717, 1.165) is 34.4 Å². The number of allylic oxidation sites excluding steroid dienone is 1. The monoisotopic (exact) mass is 394 g/mol. The molecule has 5 heteroatoms. The van der Waals surface area contributed by atoms with Crippen molar-refractivity contribution in [1.29, 1.82) is 0 Å². The zero-order chi connectivity index (χ0) is 19.3. The lowest BCUT2D eigenvalue weighted by molar-refractivity contribution is 0.0892. The molecule has 0 aliphatic carbocycles. The lowest BCUT2D eigenvalue weighted by atomic mass is 10.1. The van der Waals surface area contributed by atoms with Gasteiger partial charge in [0, 0.05) is 35.8 Å². The molecule has 1 N–H and O–H groups in total. The number of aliphatic hydroxyl groups is 1. The second-order valence-electron chi connectivity index (χ2n) is 7.44. The Morgan fingerprint density at radius 1 is 1.11 bits per heavy atom. The van der Waals surface area contributed by atoms with Crippen LogP contribution in [0.25, 0.3) is 17.0 Å². The van der Waals surface area contributed by atoms with E-state index in [1.54, 1.807) is 6.08 Å². The minimum Gasteiger partial charge on any atom is -0.390 e. The smallest absolute Gasteiger partial charge is 0.195 e. The molecule has 2 aromatic heterocycles. The third-order valence-electron chi connectivity index (χ3n) is 5.32. The van der Waals surface area contributed by atoms with Crippen LogP contribution in [0.4, 0.5) is 0 Å². The highest BCUT2D eigenvalue weighted by Crippen LogP contribution is 2.24. The number of thiophene rings is 1. The van der Waals surface area contributed by atoms with Crippen LogP contribution >= 0.6 is 11.3 Å². The molecule has 28 heavy (non-hydrogen) atoms. The minimum atomic E-state index is -0.404. The molecule has 1 atom stereocenters. The minimum absolute atomic E-state index is 0.0250. The van der Waals surface area contributed by atoms with E-state index in [2.05, 4.69) is 21.6 Å². The molecule has 3 heterocycles. The predicted octanol–water partition coefficient (Wildman–Crippen LogP) is 4.45. The Labute approximate surface area is 169 Å². The molecule has 0 spiro atoms. The highest BCUT2D eigenvalue weighted by atomic mass is 32.1. The van der Waals surface area contributed by atoms with Crippen LogP contribution in [0.1, 0.15) is 34.5 Å². The summed E-state index contributed by atoms with van der Waals surface area (Å²) >= 11 is 1.46. The molecule has 1 aliphatic heterocycles. The molecule has 0 amide bonds. The number of para-hydroxylation sites is 1. The maximum absolute atomic E-state index is 12.3. The summed E-state index contributed by atoms with van der Waals surface area (Å²) in [4.78, 5) is 15.4. The number of benzene rings is 1. The first kappa shape index (κ1) is 19.1. The highest BCUT2D eigenvalue weighted by Gasteiger charge is 2.16. The number of hydrogen-bond acceptors (Lipinski definition) is 4. The lowest BCUT2D eigenvalue weighted by Gasteiger charge is -2.28. The van der Waals surface area contributed by atoms with Crippen molar-refractivity contribution in [3.05, 3.63) is 64.5 Å². The van der Waals surface area contributed by atoms with Crippen LogP contribution in [-0.2, 0) is 6.54 Å². The van der Waals surface area contributed by atoms with Gasteiger partial charge in [-0.05, 0) is 55.6 Å². The fourth-order valence-corrected chi connectivity index (χ4v) is 4.60. The molecule has 1 saturated heterocycles. The molecule has 1 aromatic carbocycles. The van der Waals surface area contributed by atoms with Crippen molar-refractivity contribution >= 4 is 34.1 Å². The fourth-order valence-electron chi connectivity index (χ4n) is 3.95. The maximum atomic E-state index is 12.3. The highest BCUT2D eigenvalue weighted by molar-refractivity contribution is 7.12. The van der Waals surface area contributed by atoms with Gasteiger partial charge in [0.25, 0.3) is 0 Å². The summed E-state index contributed by atoms with van der Waals surface area (Å²) in [6.45, 7) is 3.45. The summed E-state index contributed by atoms with van der Waals surface area (Å²) in [5.41, 5.74) is 2.09. The van der Waals surface area contributed by atoms with Gasteiger partial charge in [0.2, 0.25) is 0 Å². The van der Waals surface area contributed by atoms with Crippen LogP contribution in [0.5, 0.6) is 0 Å². The number of likely N-dealkylation sites (tertiary alicyclic amines) is 1. The average Bonchev–Trinajstić information content (AvgIpc) is 3.36. The van der Waals surface area contributed by atoms with Gasteiger partial charge in [-0.3, -0.25) is 4.79 Å². The van der Waals surface area contributed by atoms with E-state index in [4.69, 9.17) is 0 Å². The number of β-amino-alcohol motifs (C(OH)–C–C–N with tert-alkyl or cyclic N) is 1. The lowest BCUT2D eigenvalue weighted by Crippen LogP contribution is -2.37. The molecule has 1 aliphatic rings. The first-order valence-electron chi connectivity index (χ1n) is 9.95.